The van der Waals surface area contributed by atoms with E-state index in [1.165, 1.54) is 11.8 Å². The van der Waals surface area contributed by atoms with Crippen LogP contribution in [0.3, 0.4) is 0 Å². The number of hydrogen-bond acceptors (Lipinski definition) is 4. The van der Waals surface area contributed by atoms with E-state index >= 15 is 0 Å². The predicted octanol–water partition coefficient (Wildman–Crippen LogP) is 4.61. The van der Waals surface area contributed by atoms with Crippen molar-refractivity contribution in [3.05, 3.63) is 64.4 Å². The lowest BCUT2D eigenvalue weighted by Crippen LogP contribution is -2.14. The smallest absolute Gasteiger partial charge is 0.234 e. The number of halogens is 2. The summed E-state index contributed by atoms with van der Waals surface area (Å²) >= 11 is 13.4. The fourth-order valence-corrected chi connectivity index (χ4v) is 3.22. The van der Waals surface area contributed by atoms with Crippen molar-refractivity contribution < 1.29 is 4.79 Å². The average molecular weight is 393 g/mol. The number of benzene rings is 2. The van der Waals surface area contributed by atoms with Crippen molar-refractivity contribution in [2.75, 3.05) is 11.1 Å². The van der Waals surface area contributed by atoms with Gasteiger partial charge in [0.05, 0.1) is 11.4 Å². The Balaban J connectivity index is 1.67. The molecule has 0 spiro atoms. The van der Waals surface area contributed by atoms with E-state index in [2.05, 4.69) is 15.5 Å². The number of rotatable bonds is 5. The molecule has 3 rings (SSSR count). The van der Waals surface area contributed by atoms with E-state index in [0.29, 0.717) is 20.9 Å². The van der Waals surface area contributed by atoms with Crippen LogP contribution in [0.25, 0.3) is 5.69 Å². The van der Waals surface area contributed by atoms with Crippen molar-refractivity contribution >= 4 is 46.6 Å². The number of thioether (sulfide) groups is 1. The van der Waals surface area contributed by atoms with Crippen LogP contribution in [0.4, 0.5) is 5.69 Å². The van der Waals surface area contributed by atoms with Gasteiger partial charge in [-0.3, -0.25) is 9.36 Å². The normalized spacial score (nSPS) is 10.7. The lowest BCUT2D eigenvalue weighted by molar-refractivity contribution is -0.113. The second-order valence-corrected chi connectivity index (χ2v) is 7.05. The molecule has 1 amide bonds. The van der Waals surface area contributed by atoms with Crippen molar-refractivity contribution in [1.29, 1.82) is 0 Å². The summed E-state index contributed by atoms with van der Waals surface area (Å²) in [6, 6.07) is 12.7. The molecular formula is C17H14Cl2N4OS. The molecule has 0 aliphatic carbocycles. The van der Waals surface area contributed by atoms with Crippen LogP contribution in [0.1, 0.15) is 5.56 Å². The summed E-state index contributed by atoms with van der Waals surface area (Å²) in [6.07, 6.45) is 1.60. The van der Waals surface area contributed by atoms with E-state index in [1.54, 1.807) is 35.2 Å². The Bertz CT molecular complexity index is 913. The van der Waals surface area contributed by atoms with E-state index < -0.39 is 0 Å². The first-order valence-electron chi connectivity index (χ1n) is 7.38. The minimum Gasteiger partial charge on any atom is -0.325 e. The summed E-state index contributed by atoms with van der Waals surface area (Å²) in [4.78, 5) is 12.1. The molecule has 3 aromatic rings. The van der Waals surface area contributed by atoms with Gasteiger partial charge in [0.1, 0.15) is 6.33 Å². The molecule has 0 saturated heterocycles. The number of aryl methyl sites for hydroxylation is 1. The molecule has 25 heavy (non-hydrogen) atoms. The summed E-state index contributed by atoms with van der Waals surface area (Å²) in [7, 11) is 0. The van der Waals surface area contributed by atoms with E-state index in [1.807, 2.05) is 25.1 Å². The van der Waals surface area contributed by atoms with Gasteiger partial charge in [-0.15, -0.1) is 10.2 Å². The van der Waals surface area contributed by atoms with Crippen LogP contribution >= 0.6 is 35.0 Å². The summed E-state index contributed by atoms with van der Waals surface area (Å²) < 4.78 is 1.79. The minimum absolute atomic E-state index is 0.149. The highest BCUT2D eigenvalue weighted by Crippen LogP contribution is 2.24. The van der Waals surface area contributed by atoms with E-state index in [9.17, 15) is 4.79 Å². The predicted molar refractivity (Wildman–Crippen MR) is 102 cm³/mol. The average Bonchev–Trinajstić information content (AvgIpc) is 3.04. The van der Waals surface area contributed by atoms with Crippen molar-refractivity contribution in [3.63, 3.8) is 0 Å². The number of amides is 1. The molecule has 0 bridgehead atoms. The van der Waals surface area contributed by atoms with Crippen molar-refractivity contribution in [2.24, 2.45) is 0 Å². The maximum absolute atomic E-state index is 12.1. The Kier molecular flexibility index (Phi) is 5.63. The zero-order valence-corrected chi connectivity index (χ0v) is 15.6. The summed E-state index contributed by atoms with van der Waals surface area (Å²) in [5.41, 5.74) is 2.50. The molecule has 1 aromatic heterocycles. The van der Waals surface area contributed by atoms with Gasteiger partial charge in [-0.25, -0.2) is 0 Å². The molecule has 0 radical (unpaired) electrons. The molecule has 8 heteroatoms. The first-order valence-corrected chi connectivity index (χ1v) is 9.12. The molecule has 0 atom stereocenters. The largest absolute Gasteiger partial charge is 0.325 e. The molecule has 128 valence electrons. The SMILES string of the molecule is Cc1ccc(-n2cnnc2SCC(=O)Nc2cccc(Cl)c2)cc1Cl. The Hall–Kier alpha value is -2.02. The maximum Gasteiger partial charge on any atom is 0.234 e. The fraction of sp³-hybridized carbons (Fsp3) is 0.118. The number of carbonyl (C=O) groups excluding carboxylic acids is 1. The van der Waals surface area contributed by atoms with Crippen LogP contribution in [0.15, 0.2) is 53.9 Å². The van der Waals surface area contributed by atoms with Crippen molar-refractivity contribution in [3.8, 4) is 5.69 Å². The molecule has 5 nitrogen and oxygen atoms in total. The minimum atomic E-state index is -0.149. The zero-order valence-electron chi connectivity index (χ0n) is 13.2. The monoisotopic (exact) mass is 392 g/mol. The van der Waals surface area contributed by atoms with Gasteiger partial charge in [0.2, 0.25) is 5.91 Å². The van der Waals surface area contributed by atoms with Crippen LogP contribution in [0.2, 0.25) is 10.0 Å². The number of hydrogen-bond donors (Lipinski definition) is 1. The molecular weight excluding hydrogens is 379 g/mol. The lowest BCUT2D eigenvalue weighted by Gasteiger charge is -2.08. The van der Waals surface area contributed by atoms with Crippen molar-refractivity contribution in [2.45, 2.75) is 12.1 Å². The Morgan fingerprint density at radius 2 is 2.08 bits per heavy atom. The zero-order chi connectivity index (χ0) is 17.8. The summed E-state index contributed by atoms with van der Waals surface area (Å²) in [5, 5.41) is 12.6. The van der Waals surface area contributed by atoms with E-state index in [4.69, 9.17) is 23.2 Å². The first-order chi connectivity index (χ1) is 12.0. The van der Waals surface area contributed by atoms with Gasteiger partial charge in [0.15, 0.2) is 5.16 Å². The van der Waals surface area contributed by atoms with Crippen LogP contribution in [0, 0.1) is 6.92 Å². The Labute approximate surface area is 159 Å². The van der Waals surface area contributed by atoms with Gasteiger partial charge in [-0.1, -0.05) is 47.1 Å². The van der Waals surface area contributed by atoms with Crippen LogP contribution < -0.4 is 5.32 Å². The van der Waals surface area contributed by atoms with Gasteiger partial charge in [0, 0.05) is 15.7 Å². The van der Waals surface area contributed by atoms with Gasteiger partial charge in [0.25, 0.3) is 0 Å². The topological polar surface area (TPSA) is 59.8 Å². The number of carbonyl (C=O) groups is 1. The van der Waals surface area contributed by atoms with Crippen LogP contribution in [-0.4, -0.2) is 26.4 Å². The number of nitrogens with one attached hydrogen (secondary N) is 1. The molecule has 0 fully saturated rings. The molecule has 2 aromatic carbocycles. The molecule has 1 N–H and O–H groups in total. The van der Waals surface area contributed by atoms with E-state index in [0.717, 1.165) is 11.3 Å². The number of anilines is 1. The molecule has 0 aliphatic heterocycles. The lowest BCUT2D eigenvalue weighted by atomic mass is 10.2. The summed E-state index contributed by atoms with van der Waals surface area (Å²) in [5.74, 6) is 0.0499. The third kappa shape index (κ3) is 4.54. The third-order valence-electron chi connectivity index (χ3n) is 3.39. The molecule has 0 saturated carbocycles. The maximum atomic E-state index is 12.1. The quantitative estimate of drug-likeness (QED) is 0.643. The second-order valence-electron chi connectivity index (χ2n) is 5.26. The summed E-state index contributed by atoms with van der Waals surface area (Å²) in [6.45, 7) is 1.94. The standard InChI is InChI=1S/C17H14Cl2N4OS/c1-11-5-6-14(8-15(11)19)23-10-20-22-17(23)25-9-16(24)21-13-4-2-3-12(18)7-13/h2-8,10H,9H2,1H3,(H,21,24). The second kappa shape index (κ2) is 7.91. The first kappa shape index (κ1) is 17.8. The Morgan fingerprint density at radius 1 is 1.24 bits per heavy atom. The number of nitrogens with zero attached hydrogens (tertiary/aromatic N) is 3. The highest BCUT2D eigenvalue weighted by Gasteiger charge is 2.11. The van der Waals surface area contributed by atoms with Gasteiger partial charge in [-0.05, 0) is 42.8 Å². The molecule has 0 unspecified atom stereocenters. The van der Waals surface area contributed by atoms with Crippen LogP contribution in [-0.2, 0) is 4.79 Å². The van der Waals surface area contributed by atoms with E-state index in [-0.39, 0.29) is 11.7 Å². The molecule has 1 heterocycles. The molecule has 0 aliphatic rings. The fourth-order valence-electron chi connectivity index (χ4n) is 2.12. The van der Waals surface area contributed by atoms with Crippen LogP contribution in [0.5, 0.6) is 0 Å². The van der Waals surface area contributed by atoms with Gasteiger partial charge < -0.3 is 5.32 Å². The number of aromatic nitrogens is 3. The van der Waals surface area contributed by atoms with Crippen molar-refractivity contribution in [1.82, 2.24) is 14.8 Å². The highest BCUT2D eigenvalue weighted by atomic mass is 35.5. The Morgan fingerprint density at radius 3 is 2.84 bits per heavy atom. The highest BCUT2D eigenvalue weighted by molar-refractivity contribution is 7.99. The van der Waals surface area contributed by atoms with Gasteiger partial charge in [-0.2, -0.15) is 0 Å². The third-order valence-corrected chi connectivity index (χ3v) is 4.98. The van der Waals surface area contributed by atoms with Gasteiger partial charge >= 0.3 is 0 Å².